The first-order chi connectivity index (χ1) is 3.68. The van der Waals surface area contributed by atoms with Crippen molar-refractivity contribution >= 4 is 12.4 Å². The van der Waals surface area contributed by atoms with Crippen molar-refractivity contribution in [3.63, 3.8) is 0 Å². The molecule has 0 bridgehead atoms. The zero-order valence-electron chi connectivity index (χ0n) is 6.64. The highest BCUT2D eigenvalue weighted by atomic mass is 35.5. The van der Waals surface area contributed by atoms with Crippen LogP contribution in [-0.2, 0) is 0 Å². The molecule has 0 aromatic rings. The molecule has 2 heteroatoms. The van der Waals surface area contributed by atoms with E-state index >= 15 is 0 Å². The average molecular weight is 150 g/mol. The molecule has 0 unspecified atom stereocenters. The summed E-state index contributed by atoms with van der Waals surface area (Å²) in [6, 6.07) is 0. The SMILES string of the molecule is CCC=C(C)N(C)C.Cl. The topological polar surface area (TPSA) is 3.24 Å². The summed E-state index contributed by atoms with van der Waals surface area (Å²) in [5, 5.41) is 0. The smallest absolute Gasteiger partial charge is 0.00579 e. The lowest BCUT2D eigenvalue weighted by Gasteiger charge is -2.11. The molecule has 0 aliphatic heterocycles. The number of halogens is 1. The molecule has 0 rings (SSSR count). The zero-order chi connectivity index (χ0) is 6.57. The summed E-state index contributed by atoms with van der Waals surface area (Å²) in [5.74, 6) is 0. The Morgan fingerprint density at radius 2 is 1.89 bits per heavy atom. The minimum Gasteiger partial charge on any atom is -0.381 e. The number of hydrogen-bond donors (Lipinski definition) is 0. The molecule has 0 aromatic carbocycles. The van der Waals surface area contributed by atoms with Gasteiger partial charge in [0.2, 0.25) is 0 Å². The van der Waals surface area contributed by atoms with Gasteiger partial charge in [0.1, 0.15) is 0 Å². The molecule has 0 heterocycles. The second-order valence-corrected chi connectivity index (χ2v) is 2.15. The molecule has 0 saturated heterocycles. The van der Waals surface area contributed by atoms with E-state index in [1.165, 1.54) is 5.70 Å². The molecule has 9 heavy (non-hydrogen) atoms. The molecule has 0 aliphatic carbocycles. The summed E-state index contributed by atoms with van der Waals surface area (Å²) >= 11 is 0. The van der Waals surface area contributed by atoms with E-state index in [1.807, 2.05) is 0 Å². The van der Waals surface area contributed by atoms with Gasteiger partial charge in [-0.25, -0.2) is 0 Å². The molecule has 0 aliphatic rings. The van der Waals surface area contributed by atoms with Gasteiger partial charge < -0.3 is 4.90 Å². The molecule has 0 amide bonds. The molecular formula is C7H16ClN. The van der Waals surface area contributed by atoms with Crippen LogP contribution in [0, 0.1) is 0 Å². The van der Waals surface area contributed by atoms with Crippen molar-refractivity contribution in [2.45, 2.75) is 20.3 Å². The summed E-state index contributed by atoms with van der Waals surface area (Å²) in [6.45, 7) is 4.26. The lowest BCUT2D eigenvalue weighted by Crippen LogP contribution is -2.07. The van der Waals surface area contributed by atoms with Crippen molar-refractivity contribution in [1.82, 2.24) is 4.90 Å². The van der Waals surface area contributed by atoms with E-state index in [0.717, 1.165) is 6.42 Å². The van der Waals surface area contributed by atoms with Crippen LogP contribution in [0.3, 0.4) is 0 Å². The first-order valence-corrected chi connectivity index (χ1v) is 3.02. The Kier molecular flexibility index (Phi) is 7.68. The molecule has 0 N–H and O–H groups in total. The first-order valence-electron chi connectivity index (χ1n) is 3.02. The molecule has 0 aromatic heterocycles. The highest BCUT2D eigenvalue weighted by molar-refractivity contribution is 5.85. The number of hydrogen-bond acceptors (Lipinski definition) is 1. The van der Waals surface area contributed by atoms with Crippen LogP contribution in [0.1, 0.15) is 20.3 Å². The Morgan fingerprint density at radius 1 is 1.44 bits per heavy atom. The van der Waals surface area contributed by atoms with Gasteiger partial charge in [-0.15, -0.1) is 12.4 Å². The van der Waals surface area contributed by atoms with Crippen molar-refractivity contribution in [2.75, 3.05) is 14.1 Å². The van der Waals surface area contributed by atoms with Gasteiger partial charge in [-0.3, -0.25) is 0 Å². The molecule has 0 atom stereocenters. The van der Waals surface area contributed by atoms with Gasteiger partial charge in [-0.2, -0.15) is 0 Å². The van der Waals surface area contributed by atoms with Crippen molar-refractivity contribution < 1.29 is 0 Å². The van der Waals surface area contributed by atoms with E-state index in [2.05, 4.69) is 38.9 Å². The Balaban J connectivity index is 0. The Labute approximate surface area is 64.2 Å². The van der Waals surface area contributed by atoms with Crippen molar-refractivity contribution in [1.29, 1.82) is 0 Å². The maximum Gasteiger partial charge on any atom is 0.00579 e. The highest BCUT2D eigenvalue weighted by Gasteiger charge is 1.85. The number of nitrogens with zero attached hydrogens (tertiary/aromatic N) is 1. The molecule has 0 radical (unpaired) electrons. The lowest BCUT2D eigenvalue weighted by molar-refractivity contribution is 0.511. The van der Waals surface area contributed by atoms with Crippen LogP contribution in [0.25, 0.3) is 0 Å². The average Bonchev–Trinajstić information content (AvgIpc) is 1.67. The van der Waals surface area contributed by atoms with E-state index < -0.39 is 0 Å². The Hall–Kier alpha value is -0.170. The first kappa shape index (κ1) is 11.6. The minimum atomic E-state index is 0. The monoisotopic (exact) mass is 149 g/mol. The standard InChI is InChI=1S/C7H15N.ClH/c1-5-6-7(2)8(3)4;/h6H,5H2,1-4H3;1H. The molecular weight excluding hydrogens is 134 g/mol. The van der Waals surface area contributed by atoms with E-state index in [0.29, 0.717) is 0 Å². The third-order valence-electron chi connectivity index (χ3n) is 1.20. The van der Waals surface area contributed by atoms with Gasteiger partial charge in [0, 0.05) is 19.8 Å². The van der Waals surface area contributed by atoms with Crippen molar-refractivity contribution in [3.05, 3.63) is 11.8 Å². The van der Waals surface area contributed by atoms with Crippen LogP contribution in [0.2, 0.25) is 0 Å². The van der Waals surface area contributed by atoms with E-state index in [9.17, 15) is 0 Å². The minimum absolute atomic E-state index is 0. The van der Waals surface area contributed by atoms with Gasteiger partial charge in [-0.1, -0.05) is 13.0 Å². The van der Waals surface area contributed by atoms with Crippen LogP contribution in [-0.4, -0.2) is 19.0 Å². The molecule has 0 spiro atoms. The third kappa shape index (κ3) is 5.71. The van der Waals surface area contributed by atoms with Gasteiger partial charge in [0.15, 0.2) is 0 Å². The van der Waals surface area contributed by atoms with Gasteiger partial charge in [0.25, 0.3) is 0 Å². The van der Waals surface area contributed by atoms with E-state index in [-0.39, 0.29) is 12.4 Å². The largest absolute Gasteiger partial charge is 0.381 e. The summed E-state index contributed by atoms with van der Waals surface area (Å²) < 4.78 is 0. The number of rotatable bonds is 2. The third-order valence-corrected chi connectivity index (χ3v) is 1.20. The molecule has 0 fully saturated rings. The van der Waals surface area contributed by atoms with E-state index in [4.69, 9.17) is 0 Å². The summed E-state index contributed by atoms with van der Waals surface area (Å²) in [4.78, 5) is 2.11. The number of allylic oxidation sites excluding steroid dienone is 2. The molecule has 1 nitrogen and oxygen atoms in total. The van der Waals surface area contributed by atoms with Crippen LogP contribution < -0.4 is 0 Å². The maximum atomic E-state index is 2.21. The lowest BCUT2D eigenvalue weighted by atomic mass is 10.3. The van der Waals surface area contributed by atoms with Crippen molar-refractivity contribution in [2.24, 2.45) is 0 Å². The predicted octanol–water partition coefficient (Wildman–Crippen LogP) is 2.28. The fraction of sp³-hybridized carbons (Fsp3) is 0.714. The Morgan fingerprint density at radius 3 is 2.00 bits per heavy atom. The summed E-state index contributed by atoms with van der Waals surface area (Å²) in [7, 11) is 4.11. The van der Waals surface area contributed by atoms with Gasteiger partial charge in [-0.05, 0) is 13.3 Å². The Bertz CT molecular complexity index is 86.9. The van der Waals surface area contributed by atoms with Gasteiger partial charge >= 0.3 is 0 Å². The molecule has 56 valence electrons. The second-order valence-electron chi connectivity index (χ2n) is 2.15. The van der Waals surface area contributed by atoms with Crippen LogP contribution in [0.15, 0.2) is 11.8 Å². The second kappa shape index (κ2) is 5.96. The fourth-order valence-corrected chi connectivity index (χ4v) is 0.478. The summed E-state index contributed by atoms with van der Waals surface area (Å²) in [5.41, 5.74) is 1.34. The van der Waals surface area contributed by atoms with Crippen molar-refractivity contribution in [3.8, 4) is 0 Å². The van der Waals surface area contributed by atoms with Crippen LogP contribution in [0.5, 0.6) is 0 Å². The molecule has 0 saturated carbocycles. The quantitative estimate of drug-likeness (QED) is 0.583. The summed E-state index contributed by atoms with van der Waals surface area (Å²) in [6.07, 6.45) is 3.34. The normalized spacial score (nSPS) is 10.4. The zero-order valence-corrected chi connectivity index (χ0v) is 7.46. The highest BCUT2D eigenvalue weighted by Crippen LogP contribution is 1.96. The fourth-order valence-electron chi connectivity index (χ4n) is 0.478. The maximum absolute atomic E-state index is 2.21. The predicted molar refractivity (Wildman–Crippen MR) is 45.0 cm³/mol. The van der Waals surface area contributed by atoms with E-state index in [1.54, 1.807) is 0 Å². The van der Waals surface area contributed by atoms with Crippen LogP contribution >= 0.6 is 12.4 Å². The van der Waals surface area contributed by atoms with Crippen LogP contribution in [0.4, 0.5) is 0 Å². The van der Waals surface area contributed by atoms with Gasteiger partial charge in [0.05, 0.1) is 0 Å².